The predicted octanol–water partition coefficient (Wildman–Crippen LogP) is 2.37. The largest absolute Gasteiger partial charge is 0.339 e. The van der Waals surface area contributed by atoms with Crippen molar-refractivity contribution in [1.82, 2.24) is 10.1 Å². The van der Waals surface area contributed by atoms with Crippen molar-refractivity contribution >= 4 is 5.57 Å². The highest BCUT2D eigenvalue weighted by atomic mass is 16.5. The fourth-order valence-electron chi connectivity index (χ4n) is 1.23. The van der Waals surface area contributed by atoms with Crippen molar-refractivity contribution in [3.05, 3.63) is 18.3 Å². The molecule has 1 saturated carbocycles. The van der Waals surface area contributed by atoms with Crippen molar-refractivity contribution < 1.29 is 4.52 Å². The van der Waals surface area contributed by atoms with Crippen molar-refractivity contribution in [1.29, 1.82) is 0 Å². The zero-order chi connectivity index (χ0) is 8.55. The minimum absolute atomic E-state index is 0.519. The van der Waals surface area contributed by atoms with Crippen LogP contribution in [0.5, 0.6) is 0 Å². The highest BCUT2D eigenvalue weighted by molar-refractivity contribution is 5.53. The van der Waals surface area contributed by atoms with Crippen LogP contribution in [0.15, 0.2) is 11.1 Å². The summed E-state index contributed by atoms with van der Waals surface area (Å²) in [4.78, 5) is 4.25. The van der Waals surface area contributed by atoms with Crippen molar-refractivity contribution in [2.75, 3.05) is 0 Å². The molecular weight excluding hydrogens is 152 g/mol. The van der Waals surface area contributed by atoms with E-state index in [1.807, 2.05) is 6.92 Å². The van der Waals surface area contributed by atoms with Crippen LogP contribution in [-0.4, -0.2) is 10.1 Å². The van der Waals surface area contributed by atoms with Crippen molar-refractivity contribution in [2.24, 2.45) is 0 Å². The summed E-state index contributed by atoms with van der Waals surface area (Å²) in [5.74, 6) is 1.96. The van der Waals surface area contributed by atoms with E-state index in [1.165, 1.54) is 19.3 Å². The summed E-state index contributed by atoms with van der Waals surface area (Å²) in [7, 11) is 0. The summed E-state index contributed by atoms with van der Waals surface area (Å²) in [5, 5.41) is 3.83. The summed E-state index contributed by atoms with van der Waals surface area (Å²) in [5.41, 5.74) is 0.865. The third kappa shape index (κ3) is 1.15. The fraction of sp³-hybridized carbons (Fsp3) is 0.556. The van der Waals surface area contributed by atoms with Crippen LogP contribution >= 0.6 is 0 Å². The van der Waals surface area contributed by atoms with Gasteiger partial charge in [0.05, 0.1) is 0 Å². The lowest BCUT2D eigenvalue weighted by atomic mass is 9.85. The topological polar surface area (TPSA) is 38.9 Å². The molecule has 1 aliphatic rings. The van der Waals surface area contributed by atoms with Crippen LogP contribution in [0.25, 0.3) is 5.57 Å². The molecule has 1 heterocycles. The highest BCUT2D eigenvalue weighted by Crippen LogP contribution is 2.35. The van der Waals surface area contributed by atoms with E-state index in [0.717, 1.165) is 11.5 Å². The second-order valence-corrected chi connectivity index (χ2v) is 3.36. The Bertz CT molecular complexity index is 299. The summed E-state index contributed by atoms with van der Waals surface area (Å²) in [6, 6.07) is 0. The molecule has 0 radical (unpaired) electrons. The van der Waals surface area contributed by atoms with E-state index in [4.69, 9.17) is 4.52 Å². The van der Waals surface area contributed by atoms with Crippen LogP contribution in [0.3, 0.4) is 0 Å². The van der Waals surface area contributed by atoms with Crippen LogP contribution in [0.2, 0.25) is 0 Å². The monoisotopic (exact) mass is 164 g/mol. The molecule has 12 heavy (non-hydrogen) atoms. The number of allylic oxidation sites excluding steroid dienone is 1. The number of aromatic nitrogens is 2. The zero-order valence-electron chi connectivity index (χ0n) is 7.21. The van der Waals surface area contributed by atoms with Gasteiger partial charge in [-0.2, -0.15) is 4.98 Å². The van der Waals surface area contributed by atoms with Crippen LogP contribution in [0, 0.1) is 0 Å². The van der Waals surface area contributed by atoms with Crippen LogP contribution in [-0.2, 0) is 0 Å². The van der Waals surface area contributed by atoms with E-state index < -0.39 is 0 Å². The first-order chi connectivity index (χ1) is 5.77. The predicted molar refractivity (Wildman–Crippen MR) is 45.6 cm³/mol. The molecule has 2 rings (SSSR count). The first-order valence-electron chi connectivity index (χ1n) is 4.27. The Hall–Kier alpha value is -1.12. The Balaban J connectivity index is 2.17. The SMILES string of the molecule is C=C(C)c1noc(C2CCC2)n1. The molecule has 64 valence electrons. The summed E-state index contributed by atoms with van der Waals surface area (Å²) in [6.07, 6.45) is 3.67. The molecule has 1 aliphatic carbocycles. The number of hydrogen-bond acceptors (Lipinski definition) is 3. The zero-order valence-corrected chi connectivity index (χ0v) is 7.21. The molecule has 0 aromatic carbocycles. The Kier molecular flexibility index (Phi) is 1.71. The van der Waals surface area contributed by atoms with Crippen molar-refractivity contribution in [3.8, 4) is 0 Å². The molecular formula is C9H12N2O. The van der Waals surface area contributed by atoms with Gasteiger partial charge in [0.1, 0.15) is 0 Å². The van der Waals surface area contributed by atoms with Crippen molar-refractivity contribution in [2.45, 2.75) is 32.1 Å². The average molecular weight is 164 g/mol. The molecule has 3 heteroatoms. The Morgan fingerprint density at radius 2 is 2.33 bits per heavy atom. The molecule has 1 aromatic rings. The van der Waals surface area contributed by atoms with Gasteiger partial charge in [0, 0.05) is 5.92 Å². The quantitative estimate of drug-likeness (QED) is 0.673. The van der Waals surface area contributed by atoms with E-state index in [-0.39, 0.29) is 0 Å². The fourth-order valence-corrected chi connectivity index (χ4v) is 1.23. The molecule has 0 saturated heterocycles. The maximum atomic E-state index is 5.11. The average Bonchev–Trinajstić information content (AvgIpc) is 2.32. The lowest BCUT2D eigenvalue weighted by molar-refractivity contribution is 0.292. The van der Waals surface area contributed by atoms with Crippen LogP contribution < -0.4 is 0 Å². The first kappa shape index (κ1) is 7.53. The Labute approximate surface area is 71.5 Å². The molecule has 0 aliphatic heterocycles. The molecule has 0 atom stereocenters. The van der Waals surface area contributed by atoms with Crippen molar-refractivity contribution in [3.63, 3.8) is 0 Å². The second-order valence-electron chi connectivity index (χ2n) is 3.36. The Morgan fingerprint density at radius 1 is 1.58 bits per heavy atom. The molecule has 1 aromatic heterocycles. The van der Waals surface area contributed by atoms with Gasteiger partial charge in [0.25, 0.3) is 0 Å². The van der Waals surface area contributed by atoms with Gasteiger partial charge >= 0.3 is 0 Å². The van der Waals surface area contributed by atoms with E-state index in [9.17, 15) is 0 Å². The van der Waals surface area contributed by atoms with E-state index in [2.05, 4.69) is 16.7 Å². The molecule has 0 N–H and O–H groups in total. The lowest BCUT2D eigenvalue weighted by Crippen LogP contribution is -2.08. The number of hydrogen-bond donors (Lipinski definition) is 0. The second kappa shape index (κ2) is 2.73. The molecule has 0 bridgehead atoms. The minimum atomic E-state index is 0.519. The summed E-state index contributed by atoms with van der Waals surface area (Å²) >= 11 is 0. The maximum absolute atomic E-state index is 5.11. The van der Waals surface area contributed by atoms with Gasteiger partial charge in [0.15, 0.2) is 5.82 Å². The lowest BCUT2D eigenvalue weighted by Gasteiger charge is -2.20. The highest BCUT2D eigenvalue weighted by Gasteiger charge is 2.25. The van der Waals surface area contributed by atoms with Crippen LogP contribution in [0.1, 0.15) is 43.8 Å². The van der Waals surface area contributed by atoms with Gasteiger partial charge in [0.2, 0.25) is 5.89 Å². The van der Waals surface area contributed by atoms with E-state index >= 15 is 0 Å². The van der Waals surface area contributed by atoms with E-state index in [0.29, 0.717) is 11.7 Å². The molecule has 1 fully saturated rings. The van der Waals surface area contributed by atoms with Gasteiger partial charge in [-0.05, 0) is 25.3 Å². The molecule has 0 unspecified atom stereocenters. The molecule has 3 nitrogen and oxygen atoms in total. The first-order valence-corrected chi connectivity index (χ1v) is 4.27. The maximum Gasteiger partial charge on any atom is 0.230 e. The third-order valence-electron chi connectivity index (χ3n) is 2.28. The number of rotatable bonds is 2. The smallest absolute Gasteiger partial charge is 0.230 e. The minimum Gasteiger partial charge on any atom is -0.339 e. The summed E-state index contributed by atoms with van der Waals surface area (Å²) in [6.45, 7) is 5.64. The van der Waals surface area contributed by atoms with Crippen LogP contribution in [0.4, 0.5) is 0 Å². The van der Waals surface area contributed by atoms with Gasteiger partial charge < -0.3 is 4.52 Å². The molecule has 0 spiro atoms. The van der Waals surface area contributed by atoms with E-state index in [1.54, 1.807) is 0 Å². The van der Waals surface area contributed by atoms with Gasteiger partial charge in [-0.3, -0.25) is 0 Å². The summed E-state index contributed by atoms with van der Waals surface area (Å²) < 4.78 is 5.11. The Morgan fingerprint density at radius 3 is 2.75 bits per heavy atom. The standard InChI is InChI=1S/C9H12N2O/c1-6(2)8-10-9(12-11-8)7-4-3-5-7/h7H,1,3-5H2,2H3. The molecule has 0 amide bonds. The normalized spacial score (nSPS) is 17.4. The van der Waals surface area contributed by atoms with Gasteiger partial charge in [-0.1, -0.05) is 18.2 Å². The third-order valence-corrected chi connectivity index (χ3v) is 2.28. The van der Waals surface area contributed by atoms with Gasteiger partial charge in [-0.25, -0.2) is 0 Å². The van der Waals surface area contributed by atoms with Gasteiger partial charge in [-0.15, -0.1) is 0 Å². The number of nitrogens with zero attached hydrogens (tertiary/aromatic N) is 2.